The van der Waals surface area contributed by atoms with Crippen LogP contribution in [-0.2, 0) is 17.8 Å². The molecule has 6 heteroatoms. The van der Waals surface area contributed by atoms with E-state index in [9.17, 15) is 9.59 Å². The van der Waals surface area contributed by atoms with Gasteiger partial charge >= 0.3 is 5.63 Å². The summed E-state index contributed by atoms with van der Waals surface area (Å²) in [7, 11) is 0. The molecule has 2 aromatic carbocycles. The number of nitrogens with one attached hydrogen (secondary N) is 1. The van der Waals surface area contributed by atoms with Crippen LogP contribution in [-0.4, -0.2) is 36.0 Å². The van der Waals surface area contributed by atoms with Crippen LogP contribution in [0.15, 0.2) is 63.8 Å². The fraction of sp³-hybridized carbons (Fsp3) is 0.407. The van der Waals surface area contributed by atoms with Crippen LogP contribution in [0.4, 0.5) is 0 Å². The molecule has 1 amide bonds. The van der Waals surface area contributed by atoms with Crippen molar-refractivity contribution in [1.29, 1.82) is 0 Å². The average Bonchev–Trinajstić information content (AvgIpc) is 2.81. The Labute approximate surface area is 194 Å². The highest BCUT2D eigenvalue weighted by Crippen LogP contribution is 2.24. The van der Waals surface area contributed by atoms with Crippen molar-refractivity contribution < 1.29 is 13.9 Å². The van der Waals surface area contributed by atoms with E-state index < -0.39 is 6.10 Å². The molecule has 1 N–H and O–H groups in total. The number of likely N-dealkylation sites (tertiary alicyclic amines) is 1. The molecule has 1 aliphatic rings. The van der Waals surface area contributed by atoms with Crippen molar-refractivity contribution in [3.05, 3.63) is 76.1 Å². The van der Waals surface area contributed by atoms with Gasteiger partial charge in [-0.05, 0) is 49.4 Å². The lowest BCUT2D eigenvalue weighted by Gasteiger charge is -2.32. The molecule has 0 bridgehead atoms. The number of hydrogen-bond acceptors (Lipinski definition) is 5. The molecule has 174 valence electrons. The Bertz CT molecular complexity index is 1130. The second kappa shape index (κ2) is 10.7. The van der Waals surface area contributed by atoms with E-state index in [4.69, 9.17) is 9.15 Å². The normalized spacial score (nSPS) is 15.9. The third-order valence-electron chi connectivity index (χ3n) is 6.19. The first-order chi connectivity index (χ1) is 16.0. The molecule has 6 nitrogen and oxygen atoms in total. The van der Waals surface area contributed by atoms with E-state index in [2.05, 4.69) is 41.4 Å². The highest BCUT2D eigenvalue weighted by Gasteiger charge is 2.24. The molecule has 0 saturated carbocycles. The van der Waals surface area contributed by atoms with Crippen molar-refractivity contribution >= 4 is 16.9 Å². The van der Waals surface area contributed by atoms with Crippen LogP contribution in [0, 0.1) is 0 Å². The number of ether oxygens (including phenoxy) is 1. The molecule has 0 radical (unpaired) electrons. The highest BCUT2D eigenvalue weighted by molar-refractivity contribution is 5.83. The number of carbonyl (C=O) groups is 1. The van der Waals surface area contributed by atoms with Crippen molar-refractivity contribution in [2.45, 2.75) is 58.2 Å². The van der Waals surface area contributed by atoms with E-state index >= 15 is 0 Å². The number of piperidine rings is 1. The second-order valence-electron chi connectivity index (χ2n) is 8.80. The van der Waals surface area contributed by atoms with Gasteiger partial charge in [0.25, 0.3) is 5.91 Å². The topological polar surface area (TPSA) is 71.8 Å². The summed E-state index contributed by atoms with van der Waals surface area (Å²) in [5.41, 5.74) is 2.41. The van der Waals surface area contributed by atoms with Crippen molar-refractivity contribution in [2.24, 2.45) is 0 Å². The fourth-order valence-electron chi connectivity index (χ4n) is 4.41. The minimum atomic E-state index is -0.643. The van der Waals surface area contributed by atoms with Gasteiger partial charge in [-0.25, -0.2) is 4.79 Å². The molecule has 1 unspecified atom stereocenters. The second-order valence-corrected chi connectivity index (χ2v) is 8.80. The summed E-state index contributed by atoms with van der Waals surface area (Å²) in [4.78, 5) is 27.0. The third-order valence-corrected chi connectivity index (χ3v) is 6.19. The summed E-state index contributed by atoms with van der Waals surface area (Å²) in [5, 5.41) is 4.04. The maximum atomic E-state index is 12.7. The number of nitrogens with zero attached hydrogens (tertiary/aromatic N) is 1. The van der Waals surface area contributed by atoms with Crippen molar-refractivity contribution in [3.63, 3.8) is 0 Å². The number of hydrogen-bond donors (Lipinski definition) is 1. The summed E-state index contributed by atoms with van der Waals surface area (Å²) in [6, 6.07) is 17.6. The number of carbonyl (C=O) groups excluding carboxylic acids is 1. The van der Waals surface area contributed by atoms with Gasteiger partial charge in [-0.1, -0.05) is 43.7 Å². The zero-order valence-corrected chi connectivity index (χ0v) is 19.4. The molecule has 4 rings (SSSR count). The van der Waals surface area contributed by atoms with Crippen LogP contribution >= 0.6 is 0 Å². The average molecular weight is 449 g/mol. The van der Waals surface area contributed by atoms with Gasteiger partial charge in [-0.15, -0.1) is 0 Å². The van der Waals surface area contributed by atoms with Crippen LogP contribution in [0.3, 0.4) is 0 Å². The maximum absolute atomic E-state index is 12.7. The quantitative estimate of drug-likeness (QED) is 0.521. The van der Waals surface area contributed by atoms with Crippen LogP contribution < -0.4 is 15.7 Å². The van der Waals surface area contributed by atoms with Crippen molar-refractivity contribution in [1.82, 2.24) is 10.2 Å². The Morgan fingerprint density at radius 3 is 2.64 bits per heavy atom. The summed E-state index contributed by atoms with van der Waals surface area (Å²) in [6.07, 6.45) is 2.96. The van der Waals surface area contributed by atoms with Gasteiger partial charge in [0.15, 0.2) is 6.10 Å². The number of benzene rings is 2. The molecule has 1 aromatic heterocycles. The summed E-state index contributed by atoms with van der Waals surface area (Å²) >= 11 is 0. The Morgan fingerprint density at radius 1 is 1.15 bits per heavy atom. The van der Waals surface area contributed by atoms with Crippen molar-refractivity contribution in [3.8, 4) is 5.75 Å². The Hall–Kier alpha value is -3.12. The Morgan fingerprint density at radius 2 is 1.91 bits per heavy atom. The van der Waals surface area contributed by atoms with Crippen LogP contribution in [0.1, 0.15) is 44.2 Å². The van der Waals surface area contributed by atoms with Gasteiger partial charge in [0.2, 0.25) is 0 Å². The molecule has 0 aliphatic carbocycles. The minimum absolute atomic E-state index is 0.127. The van der Waals surface area contributed by atoms with E-state index in [-0.39, 0.29) is 17.6 Å². The van der Waals surface area contributed by atoms with Gasteiger partial charge in [0, 0.05) is 43.2 Å². The molecular weight excluding hydrogens is 416 g/mol. The van der Waals surface area contributed by atoms with Gasteiger partial charge in [-0.3, -0.25) is 9.69 Å². The van der Waals surface area contributed by atoms with Crippen LogP contribution in [0.25, 0.3) is 11.0 Å². The van der Waals surface area contributed by atoms with Crippen LogP contribution in [0.5, 0.6) is 5.75 Å². The number of rotatable bonds is 8. The number of fused-ring (bicyclic) bond motifs is 1. The smallest absolute Gasteiger partial charge is 0.336 e. The highest BCUT2D eigenvalue weighted by atomic mass is 16.5. The minimum Gasteiger partial charge on any atom is -0.481 e. The van der Waals surface area contributed by atoms with Crippen molar-refractivity contribution in [2.75, 3.05) is 13.1 Å². The molecule has 1 fully saturated rings. The zero-order chi connectivity index (χ0) is 23.2. The predicted octanol–water partition coefficient (Wildman–Crippen LogP) is 4.29. The third kappa shape index (κ3) is 6.02. The zero-order valence-electron chi connectivity index (χ0n) is 19.4. The standard InChI is InChI=1S/C27H32N2O4/c1-3-7-21-16-26(30)33-25-17-23(10-11-24(21)25)32-19(2)27(31)28-22-12-14-29(15-13-22)18-20-8-5-4-6-9-20/h4-6,8-11,16-17,19,22H,3,7,12-15,18H2,1-2H3,(H,28,31). The first-order valence-corrected chi connectivity index (χ1v) is 11.8. The Balaban J connectivity index is 1.31. The molecule has 1 saturated heterocycles. The van der Waals surface area contributed by atoms with Crippen LogP contribution in [0.2, 0.25) is 0 Å². The van der Waals surface area contributed by atoms with E-state index in [1.807, 2.05) is 18.2 Å². The summed E-state index contributed by atoms with van der Waals surface area (Å²) in [5.74, 6) is 0.387. The molecule has 2 heterocycles. The number of amides is 1. The predicted molar refractivity (Wildman–Crippen MR) is 129 cm³/mol. The van der Waals surface area contributed by atoms with Gasteiger partial charge in [-0.2, -0.15) is 0 Å². The van der Waals surface area contributed by atoms with E-state index in [0.29, 0.717) is 11.3 Å². The lowest BCUT2D eigenvalue weighted by molar-refractivity contribution is -0.128. The number of aryl methyl sites for hydroxylation is 1. The van der Waals surface area contributed by atoms with E-state index in [1.54, 1.807) is 19.1 Å². The first kappa shape index (κ1) is 23.1. The lowest BCUT2D eigenvalue weighted by Crippen LogP contribution is -2.47. The lowest BCUT2D eigenvalue weighted by atomic mass is 10.0. The molecule has 0 spiro atoms. The van der Waals surface area contributed by atoms with Gasteiger partial charge in [0.05, 0.1) is 0 Å². The Kier molecular flexibility index (Phi) is 7.45. The SMILES string of the molecule is CCCc1cc(=O)oc2cc(OC(C)C(=O)NC3CCN(Cc4ccccc4)CC3)ccc12. The maximum Gasteiger partial charge on any atom is 0.336 e. The van der Waals surface area contributed by atoms with Gasteiger partial charge < -0.3 is 14.5 Å². The largest absolute Gasteiger partial charge is 0.481 e. The molecule has 33 heavy (non-hydrogen) atoms. The van der Waals surface area contributed by atoms with E-state index in [0.717, 1.165) is 56.3 Å². The first-order valence-electron chi connectivity index (χ1n) is 11.8. The monoisotopic (exact) mass is 448 g/mol. The van der Waals surface area contributed by atoms with Gasteiger partial charge in [0.1, 0.15) is 11.3 Å². The molecule has 1 atom stereocenters. The molecular formula is C27H32N2O4. The fourth-order valence-corrected chi connectivity index (χ4v) is 4.41. The molecule has 3 aromatic rings. The summed E-state index contributed by atoms with van der Waals surface area (Å²) in [6.45, 7) is 6.68. The van der Waals surface area contributed by atoms with E-state index in [1.165, 1.54) is 5.56 Å². The molecule has 1 aliphatic heterocycles. The summed E-state index contributed by atoms with van der Waals surface area (Å²) < 4.78 is 11.2.